The second kappa shape index (κ2) is 5.99. The average molecular weight is 295 g/mol. The van der Waals surface area contributed by atoms with Crippen molar-refractivity contribution in [3.05, 3.63) is 35.4 Å². The van der Waals surface area contributed by atoms with Crippen molar-refractivity contribution in [1.29, 1.82) is 0 Å². The van der Waals surface area contributed by atoms with Crippen molar-refractivity contribution in [3.63, 3.8) is 0 Å². The van der Waals surface area contributed by atoms with E-state index in [9.17, 15) is 8.78 Å². The maximum atomic E-state index is 13.8. The first kappa shape index (κ1) is 14.9. The second-order valence-electron chi connectivity index (χ2n) is 6.37. The predicted octanol–water partition coefficient (Wildman–Crippen LogP) is 2.13. The van der Waals surface area contributed by atoms with Crippen LogP contribution in [0.25, 0.3) is 0 Å². The van der Waals surface area contributed by atoms with E-state index in [1.54, 1.807) is 0 Å². The first-order chi connectivity index (χ1) is 10.0. The zero-order chi connectivity index (χ0) is 15.0. The Bertz CT molecular complexity index is 508. The van der Waals surface area contributed by atoms with Gasteiger partial charge in [-0.3, -0.25) is 9.80 Å². The summed E-state index contributed by atoms with van der Waals surface area (Å²) in [5, 5.41) is 0. The van der Waals surface area contributed by atoms with Gasteiger partial charge in [-0.2, -0.15) is 0 Å². The lowest BCUT2D eigenvalue weighted by Gasteiger charge is -2.28. The Balaban J connectivity index is 1.66. The molecule has 2 N–H and O–H groups in total. The topological polar surface area (TPSA) is 32.5 Å². The van der Waals surface area contributed by atoms with Crippen molar-refractivity contribution < 1.29 is 8.78 Å². The van der Waals surface area contributed by atoms with Crippen molar-refractivity contribution in [2.45, 2.75) is 37.4 Å². The maximum absolute atomic E-state index is 13.8. The summed E-state index contributed by atoms with van der Waals surface area (Å²) in [6.45, 7) is 2.62. The molecular formula is C16H23F2N3. The lowest BCUT2D eigenvalue weighted by atomic mass is 10.0. The summed E-state index contributed by atoms with van der Waals surface area (Å²) in [6.07, 6.45) is 3.66. The molecule has 2 heterocycles. The average Bonchev–Trinajstić information content (AvgIpc) is 2.67. The molecule has 3 unspecified atom stereocenters. The molecule has 1 aromatic carbocycles. The Labute approximate surface area is 124 Å². The lowest BCUT2D eigenvalue weighted by molar-refractivity contribution is 0.211. The van der Waals surface area contributed by atoms with Crippen LogP contribution in [0.4, 0.5) is 8.78 Å². The fourth-order valence-electron chi connectivity index (χ4n) is 3.72. The van der Waals surface area contributed by atoms with Crippen LogP contribution in [0.3, 0.4) is 0 Å². The molecule has 0 aromatic heterocycles. The van der Waals surface area contributed by atoms with Gasteiger partial charge in [-0.15, -0.1) is 0 Å². The van der Waals surface area contributed by atoms with E-state index in [1.165, 1.54) is 25.0 Å². The molecular weight excluding hydrogens is 272 g/mol. The van der Waals surface area contributed by atoms with Gasteiger partial charge in [-0.05, 0) is 38.9 Å². The number of halogens is 2. The second-order valence-corrected chi connectivity index (χ2v) is 6.37. The fraction of sp³-hybridized carbons (Fsp3) is 0.625. The van der Waals surface area contributed by atoms with Crippen LogP contribution in [0.2, 0.25) is 0 Å². The zero-order valence-corrected chi connectivity index (χ0v) is 12.4. The van der Waals surface area contributed by atoms with Crippen LogP contribution in [-0.2, 0) is 0 Å². The minimum absolute atomic E-state index is 0.402. The summed E-state index contributed by atoms with van der Waals surface area (Å²) >= 11 is 0. The molecule has 0 aliphatic carbocycles. The Morgan fingerprint density at radius 3 is 2.76 bits per heavy atom. The first-order valence-electron chi connectivity index (χ1n) is 7.69. The molecule has 3 rings (SSSR count). The molecule has 2 fully saturated rings. The minimum atomic E-state index is -0.558. The van der Waals surface area contributed by atoms with Crippen molar-refractivity contribution in [1.82, 2.24) is 9.80 Å². The van der Waals surface area contributed by atoms with E-state index in [4.69, 9.17) is 5.73 Å². The van der Waals surface area contributed by atoms with E-state index in [2.05, 4.69) is 16.8 Å². The van der Waals surface area contributed by atoms with Crippen molar-refractivity contribution in [3.8, 4) is 0 Å². The Morgan fingerprint density at radius 2 is 2.00 bits per heavy atom. The number of hydrogen-bond donors (Lipinski definition) is 1. The Morgan fingerprint density at radius 1 is 1.24 bits per heavy atom. The number of benzene rings is 1. The quantitative estimate of drug-likeness (QED) is 0.927. The van der Waals surface area contributed by atoms with Crippen molar-refractivity contribution >= 4 is 0 Å². The van der Waals surface area contributed by atoms with Gasteiger partial charge in [0.1, 0.15) is 11.6 Å². The molecule has 2 bridgehead atoms. The summed E-state index contributed by atoms with van der Waals surface area (Å²) in [7, 11) is 2.20. The molecule has 3 atom stereocenters. The highest BCUT2D eigenvalue weighted by Gasteiger charge is 2.34. The fourth-order valence-corrected chi connectivity index (χ4v) is 3.72. The number of likely N-dealkylation sites (tertiary alicyclic amines) is 1. The van der Waals surface area contributed by atoms with Gasteiger partial charge in [0, 0.05) is 42.8 Å². The highest BCUT2D eigenvalue weighted by atomic mass is 19.1. The van der Waals surface area contributed by atoms with Gasteiger partial charge >= 0.3 is 0 Å². The van der Waals surface area contributed by atoms with Gasteiger partial charge in [0.15, 0.2) is 0 Å². The van der Waals surface area contributed by atoms with E-state index in [1.807, 2.05) is 0 Å². The molecule has 5 heteroatoms. The third kappa shape index (κ3) is 3.10. The number of rotatable bonds is 3. The van der Waals surface area contributed by atoms with E-state index >= 15 is 0 Å². The third-order valence-electron chi connectivity index (χ3n) is 5.05. The van der Waals surface area contributed by atoms with Gasteiger partial charge < -0.3 is 5.73 Å². The van der Waals surface area contributed by atoms with Crippen molar-refractivity contribution in [2.24, 2.45) is 5.73 Å². The molecule has 2 saturated heterocycles. The SMILES string of the molecule is CN1C2CCC1CN(CC(N)c1ccc(F)cc1F)CC2. The summed E-state index contributed by atoms with van der Waals surface area (Å²) < 4.78 is 26.8. The van der Waals surface area contributed by atoms with Crippen LogP contribution in [0, 0.1) is 11.6 Å². The van der Waals surface area contributed by atoms with E-state index < -0.39 is 17.7 Å². The molecule has 21 heavy (non-hydrogen) atoms. The number of fused-ring (bicyclic) bond motifs is 2. The summed E-state index contributed by atoms with van der Waals surface area (Å²) in [5.74, 6) is -1.10. The summed E-state index contributed by atoms with van der Waals surface area (Å²) in [6, 6.07) is 4.50. The molecule has 0 amide bonds. The van der Waals surface area contributed by atoms with Crippen LogP contribution in [0.15, 0.2) is 18.2 Å². The molecule has 2 aliphatic rings. The van der Waals surface area contributed by atoms with Crippen LogP contribution < -0.4 is 5.73 Å². The standard InChI is InChI=1S/C16H23F2N3/c1-20-12-3-4-13(20)9-21(7-6-12)10-16(19)14-5-2-11(17)8-15(14)18/h2,5,8,12-13,16H,3-4,6-7,9-10,19H2,1H3. The van der Waals surface area contributed by atoms with E-state index in [0.717, 1.165) is 25.6 Å². The normalized spacial score (nSPS) is 28.6. The van der Waals surface area contributed by atoms with Gasteiger partial charge in [0.25, 0.3) is 0 Å². The molecule has 0 spiro atoms. The number of nitrogens with two attached hydrogens (primary N) is 1. The predicted molar refractivity (Wildman–Crippen MR) is 78.9 cm³/mol. The maximum Gasteiger partial charge on any atom is 0.130 e. The van der Waals surface area contributed by atoms with Gasteiger partial charge in [0.05, 0.1) is 0 Å². The first-order valence-corrected chi connectivity index (χ1v) is 7.69. The smallest absolute Gasteiger partial charge is 0.130 e. The third-order valence-corrected chi connectivity index (χ3v) is 5.05. The van der Waals surface area contributed by atoms with E-state index in [0.29, 0.717) is 24.2 Å². The highest BCUT2D eigenvalue weighted by Crippen LogP contribution is 2.29. The number of hydrogen-bond acceptors (Lipinski definition) is 3. The molecule has 0 saturated carbocycles. The van der Waals surface area contributed by atoms with Crippen LogP contribution in [0.5, 0.6) is 0 Å². The van der Waals surface area contributed by atoms with Crippen LogP contribution in [0.1, 0.15) is 30.9 Å². The van der Waals surface area contributed by atoms with E-state index in [-0.39, 0.29) is 0 Å². The van der Waals surface area contributed by atoms with Crippen LogP contribution in [-0.4, -0.2) is 48.6 Å². The summed E-state index contributed by atoms with van der Waals surface area (Å²) in [4.78, 5) is 4.80. The monoisotopic (exact) mass is 295 g/mol. The van der Waals surface area contributed by atoms with Crippen molar-refractivity contribution in [2.75, 3.05) is 26.7 Å². The van der Waals surface area contributed by atoms with Gasteiger partial charge in [0.2, 0.25) is 0 Å². The largest absolute Gasteiger partial charge is 0.323 e. The number of nitrogens with zero attached hydrogens (tertiary/aromatic N) is 2. The lowest BCUT2D eigenvalue weighted by Crippen LogP contribution is -2.39. The Hall–Kier alpha value is -1.04. The number of likely N-dealkylation sites (N-methyl/N-ethyl adjacent to an activating group) is 1. The molecule has 2 aliphatic heterocycles. The molecule has 116 valence electrons. The molecule has 1 aromatic rings. The summed E-state index contributed by atoms with van der Waals surface area (Å²) in [5.41, 5.74) is 6.54. The van der Waals surface area contributed by atoms with Crippen LogP contribution >= 0.6 is 0 Å². The zero-order valence-electron chi connectivity index (χ0n) is 12.4. The molecule has 0 radical (unpaired) electrons. The molecule has 3 nitrogen and oxygen atoms in total. The van der Waals surface area contributed by atoms with Gasteiger partial charge in [-0.1, -0.05) is 6.07 Å². The highest BCUT2D eigenvalue weighted by molar-refractivity contribution is 5.22. The Kier molecular flexibility index (Phi) is 4.24. The minimum Gasteiger partial charge on any atom is -0.323 e. The van der Waals surface area contributed by atoms with Gasteiger partial charge in [-0.25, -0.2) is 8.78 Å².